The fourth-order valence-corrected chi connectivity index (χ4v) is 5.39. The molecule has 3 aromatic rings. The molecule has 3 heterocycles. The molecule has 6 heteroatoms. The van der Waals surface area contributed by atoms with Gasteiger partial charge in [-0.3, -0.25) is 9.56 Å². The SMILES string of the molecule is CCn1c(=O)oc2cc(/C=C3\CC4(CC4)CN4C3=NCCC4c3ccc(F)cc3)ccc21. The first-order valence-electron chi connectivity index (χ1n) is 11.5. The maximum absolute atomic E-state index is 13.5. The number of aromatic nitrogens is 1. The number of rotatable bonds is 3. The minimum absolute atomic E-state index is 0.199. The third-order valence-corrected chi connectivity index (χ3v) is 7.23. The summed E-state index contributed by atoms with van der Waals surface area (Å²) in [6, 6.07) is 13.1. The number of aryl methyl sites for hydroxylation is 1. The van der Waals surface area contributed by atoms with Crippen LogP contribution in [-0.4, -0.2) is 28.4 Å². The minimum atomic E-state index is -0.313. The molecule has 1 aliphatic carbocycles. The zero-order valence-corrected chi connectivity index (χ0v) is 18.2. The van der Waals surface area contributed by atoms with E-state index in [9.17, 15) is 9.18 Å². The molecule has 6 rings (SSSR count). The number of piperidine rings is 1. The smallest absolute Gasteiger partial charge is 0.408 e. The molecule has 2 aliphatic heterocycles. The number of hydrogen-bond acceptors (Lipinski definition) is 4. The van der Waals surface area contributed by atoms with Gasteiger partial charge in [-0.1, -0.05) is 18.2 Å². The summed E-state index contributed by atoms with van der Waals surface area (Å²) in [5.41, 5.74) is 5.19. The lowest BCUT2D eigenvalue weighted by Gasteiger charge is -2.45. The Bertz CT molecular complexity index is 1310. The van der Waals surface area contributed by atoms with E-state index in [2.05, 4.69) is 17.0 Å². The molecule has 0 N–H and O–H groups in total. The molecule has 0 radical (unpaired) electrons. The van der Waals surface area contributed by atoms with Gasteiger partial charge in [0.1, 0.15) is 11.7 Å². The van der Waals surface area contributed by atoms with Crippen molar-refractivity contribution < 1.29 is 8.81 Å². The molecular formula is C26H26FN3O2. The summed E-state index contributed by atoms with van der Waals surface area (Å²) in [6.45, 7) is 4.31. The van der Waals surface area contributed by atoms with E-state index in [1.165, 1.54) is 18.4 Å². The van der Waals surface area contributed by atoms with E-state index in [-0.39, 0.29) is 17.6 Å². The summed E-state index contributed by atoms with van der Waals surface area (Å²) in [5, 5.41) is 0. The van der Waals surface area contributed by atoms with E-state index in [0.29, 0.717) is 17.5 Å². The normalized spacial score (nSPS) is 22.9. The third-order valence-electron chi connectivity index (χ3n) is 7.23. The predicted molar refractivity (Wildman–Crippen MR) is 123 cm³/mol. The predicted octanol–water partition coefficient (Wildman–Crippen LogP) is 5.17. The largest absolute Gasteiger partial charge is 0.419 e. The van der Waals surface area contributed by atoms with Crippen LogP contribution in [0, 0.1) is 11.2 Å². The van der Waals surface area contributed by atoms with Gasteiger partial charge >= 0.3 is 5.76 Å². The molecule has 3 aliphatic rings. The highest BCUT2D eigenvalue weighted by Crippen LogP contribution is 2.56. The monoisotopic (exact) mass is 431 g/mol. The highest BCUT2D eigenvalue weighted by atomic mass is 19.1. The van der Waals surface area contributed by atoms with Crippen LogP contribution in [0.4, 0.5) is 4.39 Å². The summed E-state index contributed by atoms with van der Waals surface area (Å²) in [6.07, 6.45) is 6.65. The van der Waals surface area contributed by atoms with Crippen LogP contribution in [0.2, 0.25) is 0 Å². The molecule has 1 spiro atoms. The number of benzene rings is 2. The fourth-order valence-electron chi connectivity index (χ4n) is 5.39. The van der Waals surface area contributed by atoms with Crippen LogP contribution in [0.1, 0.15) is 49.8 Å². The second kappa shape index (κ2) is 7.19. The van der Waals surface area contributed by atoms with Crippen molar-refractivity contribution in [2.75, 3.05) is 13.1 Å². The van der Waals surface area contributed by atoms with Crippen molar-refractivity contribution in [3.63, 3.8) is 0 Å². The van der Waals surface area contributed by atoms with Crippen LogP contribution in [0.5, 0.6) is 0 Å². The van der Waals surface area contributed by atoms with Crippen LogP contribution in [0.25, 0.3) is 17.2 Å². The van der Waals surface area contributed by atoms with Gasteiger partial charge in [-0.15, -0.1) is 0 Å². The number of oxazole rings is 1. The van der Waals surface area contributed by atoms with E-state index in [0.717, 1.165) is 48.4 Å². The van der Waals surface area contributed by atoms with Gasteiger partial charge < -0.3 is 9.32 Å². The van der Waals surface area contributed by atoms with Gasteiger partial charge in [0, 0.05) is 19.6 Å². The minimum Gasteiger partial charge on any atom is -0.408 e. The Morgan fingerprint density at radius 1 is 1.22 bits per heavy atom. The summed E-state index contributed by atoms with van der Waals surface area (Å²) in [4.78, 5) is 19.5. The van der Waals surface area contributed by atoms with E-state index < -0.39 is 0 Å². The first-order chi connectivity index (χ1) is 15.5. The molecule has 164 valence electrons. The Morgan fingerprint density at radius 2 is 2.03 bits per heavy atom. The second-order valence-electron chi connectivity index (χ2n) is 9.37. The van der Waals surface area contributed by atoms with E-state index in [4.69, 9.17) is 9.41 Å². The molecule has 1 saturated heterocycles. The lowest BCUT2D eigenvalue weighted by molar-refractivity contribution is 0.218. The zero-order valence-electron chi connectivity index (χ0n) is 18.2. The van der Waals surface area contributed by atoms with Gasteiger partial charge in [-0.2, -0.15) is 0 Å². The quantitative estimate of drug-likeness (QED) is 0.575. The number of amidine groups is 1. The Labute approximate surface area is 185 Å². The summed E-state index contributed by atoms with van der Waals surface area (Å²) < 4.78 is 20.6. The Morgan fingerprint density at radius 3 is 2.78 bits per heavy atom. The summed E-state index contributed by atoms with van der Waals surface area (Å²) in [5.74, 6) is 0.554. The molecule has 0 amide bonds. The maximum Gasteiger partial charge on any atom is 0.419 e. The van der Waals surface area contributed by atoms with Crippen molar-refractivity contribution in [2.24, 2.45) is 10.4 Å². The molecule has 32 heavy (non-hydrogen) atoms. The van der Waals surface area contributed by atoms with Gasteiger partial charge in [-0.25, -0.2) is 9.18 Å². The molecule has 5 nitrogen and oxygen atoms in total. The number of halogens is 1. The second-order valence-corrected chi connectivity index (χ2v) is 9.37. The van der Waals surface area contributed by atoms with Gasteiger partial charge in [0.2, 0.25) is 0 Å². The van der Waals surface area contributed by atoms with Crippen LogP contribution < -0.4 is 5.76 Å². The highest BCUT2D eigenvalue weighted by molar-refractivity contribution is 6.04. The number of hydrogen-bond donors (Lipinski definition) is 0. The van der Waals surface area contributed by atoms with Crippen molar-refractivity contribution >= 4 is 23.0 Å². The molecule has 2 aromatic carbocycles. The van der Waals surface area contributed by atoms with Gasteiger partial charge in [0.15, 0.2) is 5.58 Å². The zero-order chi connectivity index (χ0) is 21.9. The molecule has 1 unspecified atom stereocenters. The molecule has 1 aromatic heterocycles. The first-order valence-corrected chi connectivity index (χ1v) is 11.5. The van der Waals surface area contributed by atoms with Crippen LogP contribution >= 0.6 is 0 Å². The van der Waals surface area contributed by atoms with Crippen LogP contribution in [-0.2, 0) is 6.54 Å². The molecule has 1 saturated carbocycles. The molecular weight excluding hydrogens is 405 g/mol. The lowest BCUT2D eigenvalue weighted by atomic mass is 9.85. The molecule has 2 fully saturated rings. The van der Waals surface area contributed by atoms with E-state index in [1.807, 2.05) is 31.2 Å². The number of aliphatic imine (C=N–C) groups is 1. The summed E-state index contributed by atoms with van der Waals surface area (Å²) in [7, 11) is 0. The Hall–Kier alpha value is -3.15. The Balaban J connectivity index is 1.39. The standard InChI is InChI=1S/C26H26FN3O2/c1-2-29-22-8-3-17(14-23(22)32-25(29)31)13-19-15-26(10-11-26)16-30-21(9-12-28-24(19)30)18-4-6-20(27)7-5-18/h3-8,13-14,21H,2,9-12,15-16H2,1H3/b19-13+. The average molecular weight is 432 g/mol. The highest BCUT2D eigenvalue weighted by Gasteiger charge is 2.50. The van der Waals surface area contributed by atoms with Crippen LogP contribution in [0.3, 0.4) is 0 Å². The number of fused-ring (bicyclic) bond motifs is 2. The fraction of sp³-hybridized carbons (Fsp3) is 0.385. The molecule has 1 atom stereocenters. The molecule has 0 bridgehead atoms. The Kier molecular flexibility index (Phi) is 4.39. The number of nitrogens with zero attached hydrogens (tertiary/aromatic N) is 3. The van der Waals surface area contributed by atoms with Crippen molar-refractivity contribution in [3.8, 4) is 0 Å². The van der Waals surface area contributed by atoms with Crippen LogP contribution in [0.15, 0.2) is 62.2 Å². The van der Waals surface area contributed by atoms with E-state index in [1.54, 1.807) is 16.7 Å². The van der Waals surface area contributed by atoms with Gasteiger partial charge in [0.25, 0.3) is 0 Å². The van der Waals surface area contributed by atoms with Crippen molar-refractivity contribution in [1.29, 1.82) is 0 Å². The maximum atomic E-state index is 13.5. The van der Waals surface area contributed by atoms with Gasteiger partial charge in [-0.05, 0) is 85.1 Å². The van der Waals surface area contributed by atoms with Crippen molar-refractivity contribution in [1.82, 2.24) is 9.47 Å². The summed E-state index contributed by atoms with van der Waals surface area (Å²) >= 11 is 0. The average Bonchev–Trinajstić information content (AvgIpc) is 3.45. The third kappa shape index (κ3) is 3.20. The van der Waals surface area contributed by atoms with Crippen molar-refractivity contribution in [3.05, 3.63) is 75.5 Å². The topological polar surface area (TPSA) is 50.7 Å². The van der Waals surface area contributed by atoms with E-state index >= 15 is 0 Å². The lowest BCUT2D eigenvalue weighted by Crippen LogP contribution is -2.47. The van der Waals surface area contributed by atoms with Gasteiger partial charge in [0.05, 0.1) is 11.6 Å². The first kappa shape index (κ1) is 19.5. The van der Waals surface area contributed by atoms with Crippen molar-refractivity contribution in [2.45, 2.75) is 45.2 Å².